The van der Waals surface area contributed by atoms with Gasteiger partial charge in [-0.3, -0.25) is 18.7 Å². The van der Waals surface area contributed by atoms with Crippen LogP contribution in [-0.4, -0.2) is 79.7 Å². The van der Waals surface area contributed by atoms with Crippen molar-refractivity contribution in [1.82, 2.24) is 4.57 Å². The minimum atomic E-state index is -5.16. The third kappa shape index (κ3) is 7.17. The Balaban J connectivity index is 2.96. The largest absolute Gasteiger partial charge is 0.494 e. The second kappa shape index (κ2) is 10.4. The summed E-state index contributed by atoms with van der Waals surface area (Å²) < 4.78 is 35.7. The fraction of sp³-hybridized carbons (Fsp3) is 0.615. The summed E-state index contributed by atoms with van der Waals surface area (Å²) in [5, 5.41) is 47.2. The summed E-state index contributed by atoms with van der Waals surface area (Å²) in [5.74, 6) is -2.55. The molecule has 160 valence electrons. The molecule has 1 aromatic heterocycles. The maximum Gasteiger partial charge on any atom is 0.397 e. The molecule has 1 aromatic rings. The van der Waals surface area contributed by atoms with Crippen molar-refractivity contribution in [3.05, 3.63) is 8.83 Å². The molecule has 15 heteroatoms. The highest BCUT2D eigenvalue weighted by molar-refractivity contribution is 7.80. The van der Waals surface area contributed by atoms with Crippen molar-refractivity contribution in [1.29, 1.82) is 0 Å². The van der Waals surface area contributed by atoms with Gasteiger partial charge in [0, 0.05) is 19.4 Å². The van der Waals surface area contributed by atoms with Gasteiger partial charge in [0.25, 0.3) is 0 Å². The van der Waals surface area contributed by atoms with Crippen molar-refractivity contribution < 1.29 is 52.3 Å². The van der Waals surface area contributed by atoms with Crippen molar-refractivity contribution in [3.63, 3.8) is 0 Å². The molecule has 0 fully saturated rings. The molecule has 0 radical (unpaired) electrons. The van der Waals surface area contributed by atoms with Gasteiger partial charge in [0.15, 0.2) is 9.74 Å². The van der Waals surface area contributed by atoms with Crippen LogP contribution in [0.15, 0.2) is 0 Å². The van der Waals surface area contributed by atoms with Crippen LogP contribution in [0.5, 0.6) is 5.88 Å². The summed E-state index contributed by atoms with van der Waals surface area (Å²) in [6.07, 6.45) is -7.08. The van der Waals surface area contributed by atoms with Gasteiger partial charge in [0.1, 0.15) is 18.3 Å². The molecule has 1 unspecified atom stereocenters. The minimum absolute atomic E-state index is 0.00784. The van der Waals surface area contributed by atoms with E-state index >= 15 is 0 Å². The summed E-state index contributed by atoms with van der Waals surface area (Å²) in [5.41, 5.74) is 0. The lowest BCUT2D eigenvalue weighted by Crippen LogP contribution is -2.47. The number of aromatic hydroxyl groups is 1. The molecular formula is C13H19NO11S3. The Kier molecular flexibility index (Phi) is 9.09. The number of Topliss-reactive ketones (excluding diaryl/α,β-unsaturated/α-hetero) is 1. The highest BCUT2D eigenvalue weighted by atomic mass is 32.3. The topological polar surface area (TPSA) is 204 Å². The highest BCUT2D eigenvalue weighted by Crippen LogP contribution is 2.28. The fourth-order valence-electron chi connectivity index (χ4n) is 2.16. The molecule has 0 aliphatic carbocycles. The molecule has 3 atom stereocenters. The summed E-state index contributed by atoms with van der Waals surface area (Å²) in [6.45, 7) is -1.00. The first-order chi connectivity index (χ1) is 12.9. The number of carbonyl (C=O) groups is 2. The van der Waals surface area contributed by atoms with Crippen molar-refractivity contribution in [3.8, 4) is 5.88 Å². The maximum atomic E-state index is 12.2. The van der Waals surface area contributed by atoms with E-state index in [-0.39, 0.29) is 28.2 Å². The lowest BCUT2D eigenvalue weighted by molar-refractivity contribution is -0.137. The molecular weight excluding hydrogens is 442 g/mol. The first-order valence-corrected chi connectivity index (χ1v) is 10.2. The number of aromatic nitrogens is 1. The number of carboxylic acid groups (broad SMARTS) is 1. The number of hydrogen-bond donors (Lipinski definition) is 6. The van der Waals surface area contributed by atoms with Gasteiger partial charge >= 0.3 is 16.4 Å². The van der Waals surface area contributed by atoms with Crippen LogP contribution in [0, 0.1) is 3.95 Å². The van der Waals surface area contributed by atoms with Gasteiger partial charge in [-0.15, -0.1) is 11.3 Å². The summed E-state index contributed by atoms with van der Waals surface area (Å²) >= 11 is 5.84. The number of carboxylic acids is 1. The number of nitrogens with zero attached hydrogens (tertiary/aromatic N) is 1. The molecule has 1 heterocycles. The van der Waals surface area contributed by atoms with E-state index in [0.717, 1.165) is 11.3 Å². The standard InChI is InChI=1S/C13H19NO11S3/c15-5-7(17)11(25-28(22,23)24)10(20)6(16)4-8-12(21)14(13(26)27-8)3-1-2-9(18)19/h7,10-11,15,17,20-21H,1-5H2,(H,18,19)(H,22,23,24)/t7-,10-,11?/m1/s1. The van der Waals surface area contributed by atoms with Crippen LogP contribution in [-0.2, 0) is 37.1 Å². The number of carbonyl (C=O) groups excluding carboxylic acids is 1. The molecule has 0 amide bonds. The van der Waals surface area contributed by atoms with Crippen molar-refractivity contribution >= 4 is 45.7 Å². The normalized spacial score (nSPS) is 15.1. The third-order valence-corrected chi connectivity index (χ3v) is 5.39. The molecule has 0 saturated carbocycles. The van der Waals surface area contributed by atoms with Gasteiger partial charge < -0.3 is 25.5 Å². The average Bonchev–Trinajstić information content (AvgIpc) is 2.84. The number of aliphatic hydroxyl groups is 3. The molecule has 1 rings (SSSR count). The highest BCUT2D eigenvalue weighted by Gasteiger charge is 2.36. The van der Waals surface area contributed by atoms with E-state index in [1.165, 1.54) is 4.57 Å². The van der Waals surface area contributed by atoms with Crippen molar-refractivity contribution in [2.75, 3.05) is 6.61 Å². The molecule has 12 nitrogen and oxygen atoms in total. The van der Waals surface area contributed by atoms with E-state index in [2.05, 4.69) is 4.18 Å². The van der Waals surface area contributed by atoms with Gasteiger partial charge in [-0.25, -0.2) is 4.18 Å². The molecule has 0 aliphatic heterocycles. The fourth-order valence-corrected chi connectivity index (χ4v) is 4.07. The second-order valence-electron chi connectivity index (χ2n) is 5.59. The van der Waals surface area contributed by atoms with Crippen LogP contribution in [0.25, 0.3) is 0 Å². The first-order valence-electron chi connectivity index (χ1n) is 7.66. The number of hydrogen-bond acceptors (Lipinski definition) is 11. The van der Waals surface area contributed by atoms with Gasteiger partial charge in [0.2, 0.25) is 5.88 Å². The Labute approximate surface area is 168 Å². The van der Waals surface area contributed by atoms with Crippen LogP contribution >= 0.6 is 23.6 Å². The van der Waals surface area contributed by atoms with E-state index in [0.29, 0.717) is 0 Å². The van der Waals surface area contributed by atoms with E-state index in [9.17, 15) is 33.3 Å². The smallest absolute Gasteiger partial charge is 0.397 e. The lowest BCUT2D eigenvalue weighted by Gasteiger charge is -2.23. The van der Waals surface area contributed by atoms with Gasteiger partial charge in [-0.1, -0.05) is 0 Å². The Morgan fingerprint density at radius 2 is 1.89 bits per heavy atom. The van der Waals surface area contributed by atoms with Crippen LogP contribution in [0.1, 0.15) is 17.7 Å². The number of rotatable bonds is 12. The SMILES string of the molecule is O=C(O)CCCn1c(O)c(CC(=O)[C@@H](O)C(OS(=O)(=O)O)[C@H](O)CO)sc1=S. The van der Waals surface area contributed by atoms with Gasteiger partial charge in [0.05, 0.1) is 11.5 Å². The van der Waals surface area contributed by atoms with Gasteiger partial charge in [-0.05, 0) is 18.6 Å². The van der Waals surface area contributed by atoms with Crippen LogP contribution in [0.2, 0.25) is 0 Å². The van der Waals surface area contributed by atoms with Crippen molar-refractivity contribution in [2.24, 2.45) is 0 Å². The number of aliphatic carboxylic acids is 1. The molecule has 0 spiro atoms. The first kappa shape index (κ1) is 24.6. The predicted octanol–water partition coefficient (Wildman–Crippen LogP) is -1.14. The quantitative estimate of drug-likeness (QED) is 0.161. The van der Waals surface area contributed by atoms with E-state index in [1.807, 2.05) is 0 Å². The van der Waals surface area contributed by atoms with Crippen LogP contribution in [0.3, 0.4) is 0 Å². The maximum absolute atomic E-state index is 12.2. The monoisotopic (exact) mass is 461 g/mol. The summed E-state index contributed by atoms with van der Waals surface area (Å²) in [6, 6.07) is 0. The molecule has 0 aliphatic rings. The van der Waals surface area contributed by atoms with Gasteiger partial charge in [-0.2, -0.15) is 8.42 Å². The van der Waals surface area contributed by atoms with Crippen LogP contribution in [0.4, 0.5) is 0 Å². The second-order valence-corrected chi connectivity index (χ2v) is 8.37. The van der Waals surface area contributed by atoms with E-state index in [1.54, 1.807) is 0 Å². The average molecular weight is 461 g/mol. The molecule has 0 saturated heterocycles. The summed E-state index contributed by atoms with van der Waals surface area (Å²) in [7, 11) is -5.16. The lowest BCUT2D eigenvalue weighted by atomic mass is 10.0. The third-order valence-electron chi connectivity index (χ3n) is 3.48. The minimum Gasteiger partial charge on any atom is -0.494 e. The Morgan fingerprint density at radius 1 is 1.29 bits per heavy atom. The van der Waals surface area contributed by atoms with Crippen LogP contribution < -0.4 is 0 Å². The zero-order valence-corrected chi connectivity index (χ0v) is 16.6. The zero-order chi connectivity index (χ0) is 21.6. The van der Waals surface area contributed by atoms with E-state index in [4.69, 9.17) is 27.0 Å². The Bertz CT molecular complexity index is 860. The van der Waals surface area contributed by atoms with Crippen molar-refractivity contribution in [2.45, 2.75) is 44.1 Å². The molecule has 6 N–H and O–H groups in total. The number of thiazole rings is 1. The number of aliphatic hydroxyl groups excluding tert-OH is 3. The Morgan fingerprint density at radius 3 is 2.39 bits per heavy atom. The van der Waals surface area contributed by atoms with E-state index < -0.39 is 59.4 Å². The zero-order valence-electron chi connectivity index (χ0n) is 14.2. The summed E-state index contributed by atoms with van der Waals surface area (Å²) in [4.78, 5) is 22.8. The molecule has 0 aromatic carbocycles. The predicted molar refractivity (Wildman–Crippen MR) is 95.9 cm³/mol. The number of ketones is 1. The molecule has 0 bridgehead atoms. The molecule has 28 heavy (non-hydrogen) atoms. The Hall–Kier alpha value is -1.46.